The van der Waals surface area contributed by atoms with Crippen molar-refractivity contribution in [2.75, 3.05) is 16.9 Å². The maximum Gasteiger partial charge on any atom is 0.128 e. The van der Waals surface area contributed by atoms with Crippen LogP contribution in [0.3, 0.4) is 0 Å². The molecule has 0 bridgehead atoms. The Balaban J connectivity index is 1.03. The number of methoxy groups -OCH3 is 1. The molecule has 0 aromatic heterocycles. The first-order valence-corrected chi connectivity index (χ1v) is 18.9. The molecule has 3 nitrogen and oxygen atoms in total. The molecule has 0 N–H and O–H groups in total. The van der Waals surface area contributed by atoms with Crippen molar-refractivity contribution in [3.63, 3.8) is 0 Å². The first-order chi connectivity index (χ1) is 27.0. The number of benzene rings is 8. The van der Waals surface area contributed by atoms with E-state index in [9.17, 15) is 0 Å². The summed E-state index contributed by atoms with van der Waals surface area (Å²) in [5.41, 5.74) is 16.3. The SMILES string of the molecule is COc1cc(N(c2ccccc2)c2ccccc2)ccc1-c1ccc2c(c1)C(C)(C)c1cc(-c3ccc(N(c4ccccc4)c4ccccc4)cc3)ccc1-2. The third kappa shape index (κ3) is 6.24. The van der Waals surface area contributed by atoms with Crippen LogP contribution in [0, 0.1) is 0 Å². The van der Waals surface area contributed by atoms with E-state index < -0.39 is 0 Å². The molecule has 0 heterocycles. The third-order valence-electron chi connectivity index (χ3n) is 10.9. The molecule has 55 heavy (non-hydrogen) atoms. The van der Waals surface area contributed by atoms with Crippen molar-refractivity contribution >= 4 is 34.1 Å². The van der Waals surface area contributed by atoms with Gasteiger partial charge >= 0.3 is 0 Å². The predicted molar refractivity (Wildman–Crippen MR) is 231 cm³/mol. The standard InChI is InChI=1S/C52H42N2O/c1-52(2)49-34-38(37-24-28-44(29-25-37)53(40-16-8-4-9-17-40)41-18-10-5-11-19-41)26-31-47(49)48-32-27-39(35-50(48)52)46-33-30-45(36-51(46)55-3)54(42-20-12-6-13-21-42)43-22-14-7-15-23-43/h4-36H,1-3H3. The van der Waals surface area contributed by atoms with Crippen molar-refractivity contribution in [3.8, 4) is 39.1 Å². The van der Waals surface area contributed by atoms with Crippen LogP contribution in [0.5, 0.6) is 5.75 Å². The van der Waals surface area contributed by atoms with Gasteiger partial charge in [0.05, 0.1) is 7.11 Å². The Morgan fingerprint density at radius 3 is 1.18 bits per heavy atom. The topological polar surface area (TPSA) is 15.7 Å². The van der Waals surface area contributed by atoms with Gasteiger partial charge < -0.3 is 14.5 Å². The lowest BCUT2D eigenvalue weighted by molar-refractivity contribution is 0.416. The molecule has 266 valence electrons. The average molecular weight is 711 g/mol. The quantitative estimate of drug-likeness (QED) is 0.148. The fourth-order valence-corrected chi connectivity index (χ4v) is 8.15. The number of hydrogen-bond donors (Lipinski definition) is 0. The molecule has 1 aliphatic rings. The first kappa shape index (κ1) is 34.0. The Morgan fingerprint density at radius 2 is 0.709 bits per heavy atom. The number of nitrogens with zero attached hydrogens (tertiary/aromatic N) is 2. The van der Waals surface area contributed by atoms with Crippen molar-refractivity contribution in [2.45, 2.75) is 19.3 Å². The van der Waals surface area contributed by atoms with E-state index in [1.165, 1.54) is 33.4 Å². The molecule has 0 atom stereocenters. The lowest BCUT2D eigenvalue weighted by Crippen LogP contribution is -2.15. The second kappa shape index (κ2) is 14.2. The summed E-state index contributed by atoms with van der Waals surface area (Å²) < 4.78 is 6.10. The number of anilines is 6. The lowest BCUT2D eigenvalue weighted by atomic mass is 9.81. The van der Waals surface area contributed by atoms with E-state index in [4.69, 9.17) is 4.74 Å². The van der Waals surface area contributed by atoms with E-state index in [0.717, 1.165) is 51.0 Å². The van der Waals surface area contributed by atoms with E-state index >= 15 is 0 Å². The highest BCUT2D eigenvalue weighted by atomic mass is 16.5. The van der Waals surface area contributed by atoms with Crippen molar-refractivity contribution in [1.82, 2.24) is 0 Å². The van der Waals surface area contributed by atoms with Crippen LogP contribution < -0.4 is 14.5 Å². The van der Waals surface area contributed by atoms with E-state index in [1.807, 2.05) is 0 Å². The Labute approximate surface area is 324 Å². The second-order valence-electron chi connectivity index (χ2n) is 14.6. The van der Waals surface area contributed by atoms with Gasteiger partial charge in [-0.05, 0) is 124 Å². The largest absolute Gasteiger partial charge is 0.496 e. The Hall–Kier alpha value is -6.84. The maximum absolute atomic E-state index is 6.10. The molecule has 0 radical (unpaired) electrons. The summed E-state index contributed by atoms with van der Waals surface area (Å²) in [6.07, 6.45) is 0. The number of hydrogen-bond acceptors (Lipinski definition) is 3. The highest BCUT2D eigenvalue weighted by molar-refractivity contribution is 5.88. The van der Waals surface area contributed by atoms with Gasteiger partial charge in [0.25, 0.3) is 0 Å². The van der Waals surface area contributed by atoms with Crippen LogP contribution in [0.1, 0.15) is 25.0 Å². The summed E-state index contributed by atoms with van der Waals surface area (Å²) >= 11 is 0. The van der Waals surface area contributed by atoms with E-state index in [-0.39, 0.29) is 5.41 Å². The summed E-state index contributed by atoms with van der Waals surface area (Å²) in [6, 6.07) is 71.4. The molecule has 0 fully saturated rings. The number of para-hydroxylation sites is 4. The van der Waals surface area contributed by atoms with Gasteiger partial charge in [0.2, 0.25) is 0 Å². The van der Waals surface area contributed by atoms with Crippen LogP contribution >= 0.6 is 0 Å². The minimum atomic E-state index is -0.182. The lowest BCUT2D eigenvalue weighted by Gasteiger charge is -2.26. The van der Waals surface area contributed by atoms with Crippen molar-refractivity contribution in [2.24, 2.45) is 0 Å². The van der Waals surface area contributed by atoms with Crippen molar-refractivity contribution in [1.29, 1.82) is 0 Å². The van der Waals surface area contributed by atoms with Crippen molar-refractivity contribution < 1.29 is 4.74 Å². The van der Waals surface area contributed by atoms with Crippen LogP contribution in [0.15, 0.2) is 200 Å². The fourth-order valence-electron chi connectivity index (χ4n) is 8.15. The smallest absolute Gasteiger partial charge is 0.128 e. The highest BCUT2D eigenvalue weighted by Gasteiger charge is 2.36. The highest BCUT2D eigenvalue weighted by Crippen LogP contribution is 2.51. The molecule has 0 saturated heterocycles. The van der Waals surface area contributed by atoms with E-state index in [1.54, 1.807) is 7.11 Å². The molecule has 0 amide bonds. The zero-order valence-electron chi connectivity index (χ0n) is 31.4. The van der Waals surface area contributed by atoms with Crippen LogP contribution in [0.4, 0.5) is 34.1 Å². The molecule has 0 spiro atoms. The van der Waals surface area contributed by atoms with Crippen LogP contribution in [0.2, 0.25) is 0 Å². The van der Waals surface area contributed by atoms with Crippen LogP contribution in [-0.4, -0.2) is 7.11 Å². The fraction of sp³-hybridized carbons (Fsp3) is 0.0769. The molecule has 0 aliphatic heterocycles. The number of rotatable bonds is 9. The molecular formula is C52H42N2O. The molecule has 0 saturated carbocycles. The molecule has 9 rings (SSSR count). The number of ether oxygens (including phenoxy) is 1. The first-order valence-electron chi connectivity index (χ1n) is 18.9. The van der Waals surface area contributed by atoms with E-state index in [0.29, 0.717) is 0 Å². The summed E-state index contributed by atoms with van der Waals surface area (Å²) in [6.45, 7) is 4.70. The zero-order valence-corrected chi connectivity index (χ0v) is 31.4. The maximum atomic E-state index is 6.10. The summed E-state index contributed by atoms with van der Waals surface area (Å²) in [5.74, 6) is 0.839. The minimum Gasteiger partial charge on any atom is -0.496 e. The minimum absolute atomic E-state index is 0.182. The van der Waals surface area contributed by atoms with Crippen molar-refractivity contribution in [3.05, 3.63) is 211 Å². The Kier molecular flexibility index (Phi) is 8.76. The monoisotopic (exact) mass is 710 g/mol. The van der Waals surface area contributed by atoms with Crippen LogP contribution in [0.25, 0.3) is 33.4 Å². The van der Waals surface area contributed by atoms with Gasteiger partial charge in [0.15, 0.2) is 0 Å². The van der Waals surface area contributed by atoms with Gasteiger partial charge in [-0.1, -0.05) is 123 Å². The second-order valence-corrected chi connectivity index (χ2v) is 14.6. The molecule has 1 aliphatic carbocycles. The zero-order chi connectivity index (χ0) is 37.4. The average Bonchev–Trinajstić information content (AvgIpc) is 3.47. The van der Waals surface area contributed by atoms with Gasteiger partial charge in [-0.2, -0.15) is 0 Å². The van der Waals surface area contributed by atoms with Crippen LogP contribution in [-0.2, 0) is 5.41 Å². The molecule has 8 aromatic rings. The molecule has 0 unspecified atom stereocenters. The molecule has 8 aromatic carbocycles. The van der Waals surface area contributed by atoms with Gasteiger partial charge in [0.1, 0.15) is 5.75 Å². The van der Waals surface area contributed by atoms with Gasteiger partial charge in [-0.25, -0.2) is 0 Å². The van der Waals surface area contributed by atoms with E-state index in [2.05, 4.69) is 224 Å². The van der Waals surface area contributed by atoms with Gasteiger partial charge in [-0.3, -0.25) is 0 Å². The molecular weight excluding hydrogens is 669 g/mol. The summed E-state index contributed by atoms with van der Waals surface area (Å²) in [5, 5.41) is 0. The summed E-state index contributed by atoms with van der Waals surface area (Å²) in [4.78, 5) is 4.57. The summed E-state index contributed by atoms with van der Waals surface area (Å²) in [7, 11) is 1.76. The predicted octanol–water partition coefficient (Wildman–Crippen LogP) is 14.3. The van der Waals surface area contributed by atoms with Gasteiger partial charge in [-0.15, -0.1) is 0 Å². The Bertz CT molecular complexity index is 2500. The molecule has 3 heteroatoms. The number of fused-ring (bicyclic) bond motifs is 3. The Morgan fingerprint density at radius 1 is 0.345 bits per heavy atom. The normalized spacial score (nSPS) is 12.4. The third-order valence-corrected chi connectivity index (χ3v) is 10.9. The van der Waals surface area contributed by atoms with Gasteiger partial charge in [0, 0.05) is 51.2 Å².